The molecule has 3 fully saturated rings. The molecule has 53 heavy (non-hydrogen) atoms. The third-order valence-electron chi connectivity index (χ3n) is 10.7. The van der Waals surface area contributed by atoms with Crippen LogP contribution < -0.4 is 9.64 Å². The first-order valence-corrected chi connectivity index (χ1v) is 17.5. The van der Waals surface area contributed by atoms with Crippen LogP contribution in [-0.4, -0.2) is 98.2 Å². The number of amides is 1. The summed E-state index contributed by atoms with van der Waals surface area (Å²) in [5.74, 6) is -3.42. The number of anilines is 1. The summed E-state index contributed by atoms with van der Waals surface area (Å²) in [4.78, 5) is 40.1. The van der Waals surface area contributed by atoms with Crippen LogP contribution >= 0.6 is 0 Å². The van der Waals surface area contributed by atoms with Crippen LogP contribution in [0.4, 0.5) is 27.8 Å². The molecule has 0 aliphatic carbocycles. The number of hydrogen-bond acceptors (Lipinski definition) is 9. The summed E-state index contributed by atoms with van der Waals surface area (Å²) in [6.45, 7) is 3.45. The number of fused-ring (bicyclic) bond motifs is 3. The highest BCUT2D eigenvalue weighted by atomic mass is 19.2. The molecule has 3 atom stereocenters. The summed E-state index contributed by atoms with van der Waals surface area (Å²) >= 11 is 0. The van der Waals surface area contributed by atoms with E-state index in [9.17, 15) is 18.0 Å². The highest BCUT2D eigenvalue weighted by Gasteiger charge is 2.49. The normalized spacial score (nSPS) is 21.7. The van der Waals surface area contributed by atoms with Gasteiger partial charge >= 0.3 is 6.01 Å². The van der Waals surface area contributed by atoms with Crippen LogP contribution in [0.3, 0.4) is 0 Å². The number of ether oxygens (including phenoxy) is 1. The second-order valence-corrected chi connectivity index (χ2v) is 14.0. The van der Waals surface area contributed by atoms with Gasteiger partial charge in [0.2, 0.25) is 5.91 Å². The highest BCUT2D eigenvalue weighted by molar-refractivity contribution is 5.99. The van der Waals surface area contributed by atoms with Crippen LogP contribution in [0, 0.1) is 30.2 Å². The predicted octanol–water partition coefficient (Wildman–Crippen LogP) is 6.21. The van der Waals surface area contributed by atoms with Crippen molar-refractivity contribution in [1.82, 2.24) is 34.7 Å². The Morgan fingerprint density at radius 2 is 1.87 bits per heavy atom. The van der Waals surface area contributed by atoms with Gasteiger partial charge in [0.1, 0.15) is 41.3 Å². The number of rotatable bonds is 8. The van der Waals surface area contributed by atoms with Gasteiger partial charge in [-0.2, -0.15) is 9.97 Å². The number of nitrogens with zero attached hydrogens (tertiary/aromatic N) is 8. The standard InChI is InChI=1S/C38H35F5N8O2/c1-21-44-17-28(41)29(46-21)9-10-30(52)50-14-11-24(19-50)49(2)36-26-16-45-34(25-6-3-5-22-7-8-27(40)32(42)31(22)25)33(43)35(26)47-37(48-36)53-20-38-12-4-13-51(38)18-23(39)15-38/h3,5-10,16-17,23-24H,4,11-15,18-20H2,1-2H3/b10-9+/t23-,24-,38+/m1/s1. The second-order valence-electron chi connectivity index (χ2n) is 14.0. The monoisotopic (exact) mass is 730 g/mol. The fourth-order valence-electron chi connectivity index (χ4n) is 7.97. The smallest absolute Gasteiger partial charge is 0.319 e. The Hall–Kier alpha value is -5.31. The zero-order valence-electron chi connectivity index (χ0n) is 29.0. The number of alkyl halides is 1. The molecular formula is C38H35F5N8O2. The van der Waals surface area contributed by atoms with Gasteiger partial charge in [-0.15, -0.1) is 0 Å². The molecule has 3 aliphatic heterocycles. The van der Waals surface area contributed by atoms with E-state index in [0.717, 1.165) is 31.6 Å². The number of benzene rings is 2. The van der Waals surface area contributed by atoms with Gasteiger partial charge in [0, 0.05) is 62.4 Å². The van der Waals surface area contributed by atoms with Gasteiger partial charge in [0.25, 0.3) is 0 Å². The van der Waals surface area contributed by atoms with Crippen LogP contribution in [0.1, 0.15) is 37.2 Å². The predicted molar refractivity (Wildman–Crippen MR) is 188 cm³/mol. The van der Waals surface area contributed by atoms with Gasteiger partial charge < -0.3 is 14.5 Å². The van der Waals surface area contributed by atoms with Crippen molar-refractivity contribution in [2.75, 3.05) is 44.7 Å². The van der Waals surface area contributed by atoms with E-state index in [1.807, 2.05) is 4.90 Å². The quantitative estimate of drug-likeness (QED) is 0.136. The molecule has 0 N–H and O–H groups in total. The van der Waals surface area contributed by atoms with E-state index in [4.69, 9.17) is 9.72 Å². The fourth-order valence-corrected chi connectivity index (χ4v) is 7.97. The van der Waals surface area contributed by atoms with Crippen molar-refractivity contribution < 1.29 is 31.5 Å². The van der Waals surface area contributed by atoms with Gasteiger partial charge in [-0.25, -0.2) is 31.9 Å². The molecule has 8 rings (SSSR count). The molecule has 15 heteroatoms. The Morgan fingerprint density at radius 3 is 2.72 bits per heavy atom. The molecule has 6 heterocycles. The molecule has 0 unspecified atom stereocenters. The van der Waals surface area contributed by atoms with Gasteiger partial charge in [0.05, 0.1) is 17.1 Å². The summed E-state index contributed by atoms with van der Waals surface area (Å²) in [5, 5.41) is 0.480. The first-order valence-electron chi connectivity index (χ1n) is 17.5. The Morgan fingerprint density at radius 1 is 1.02 bits per heavy atom. The Bertz CT molecular complexity index is 2290. The minimum absolute atomic E-state index is 0.00359. The van der Waals surface area contributed by atoms with E-state index in [-0.39, 0.29) is 70.2 Å². The number of pyridine rings is 1. The second kappa shape index (κ2) is 13.6. The molecule has 2 aromatic carbocycles. The summed E-state index contributed by atoms with van der Waals surface area (Å²) in [6.07, 6.45) is 6.51. The van der Waals surface area contributed by atoms with E-state index in [1.54, 1.807) is 31.0 Å². The largest absolute Gasteiger partial charge is 0.461 e. The van der Waals surface area contributed by atoms with Crippen LogP contribution in [-0.2, 0) is 4.79 Å². The molecule has 0 spiro atoms. The molecule has 3 saturated heterocycles. The molecule has 0 radical (unpaired) electrons. The van der Waals surface area contributed by atoms with E-state index < -0.39 is 35.0 Å². The van der Waals surface area contributed by atoms with E-state index in [1.165, 1.54) is 30.5 Å². The van der Waals surface area contributed by atoms with Crippen molar-refractivity contribution in [3.8, 4) is 17.3 Å². The maximum atomic E-state index is 16.8. The molecule has 0 saturated carbocycles. The summed E-state index contributed by atoms with van der Waals surface area (Å²) in [7, 11) is 1.76. The van der Waals surface area contributed by atoms with Crippen LogP contribution in [0.5, 0.6) is 6.01 Å². The zero-order chi connectivity index (χ0) is 37.0. The van der Waals surface area contributed by atoms with Crippen molar-refractivity contribution in [3.63, 3.8) is 0 Å². The Labute approximate surface area is 301 Å². The number of carbonyl (C=O) groups is 1. The van der Waals surface area contributed by atoms with Crippen LogP contribution in [0.25, 0.3) is 39.0 Å². The summed E-state index contributed by atoms with van der Waals surface area (Å²) in [5.41, 5.74) is -0.859. The third kappa shape index (κ3) is 6.30. The number of likely N-dealkylation sites (tertiary alicyclic amines) is 1. The number of hydrogen-bond donors (Lipinski definition) is 0. The topological polar surface area (TPSA) is 100 Å². The van der Waals surface area contributed by atoms with Gasteiger partial charge in [-0.1, -0.05) is 24.3 Å². The van der Waals surface area contributed by atoms with Crippen molar-refractivity contribution in [1.29, 1.82) is 0 Å². The number of carbonyl (C=O) groups excluding carboxylic acids is 1. The maximum Gasteiger partial charge on any atom is 0.319 e. The number of likely N-dealkylation sites (N-methyl/N-ethyl adjacent to an activating group) is 1. The van der Waals surface area contributed by atoms with Crippen molar-refractivity contribution in [2.24, 2.45) is 0 Å². The first kappa shape index (κ1) is 34.8. The molecule has 1 amide bonds. The first-order chi connectivity index (χ1) is 25.5. The lowest BCUT2D eigenvalue weighted by molar-refractivity contribution is -0.124. The minimum Gasteiger partial charge on any atom is -0.461 e. The van der Waals surface area contributed by atoms with E-state index in [2.05, 4.69) is 24.8 Å². The van der Waals surface area contributed by atoms with Crippen molar-refractivity contribution in [3.05, 3.63) is 83.6 Å². The lowest BCUT2D eigenvalue weighted by atomic mass is 9.95. The summed E-state index contributed by atoms with van der Waals surface area (Å²) < 4.78 is 81.3. The molecule has 3 aliphatic rings. The Kier molecular flexibility index (Phi) is 8.91. The third-order valence-corrected chi connectivity index (χ3v) is 10.7. The van der Waals surface area contributed by atoms with Gasteiger partial charge in [-0.3, -0.25) is 14.7 Å². The lowest BCUT2D eigenvalue weighted by Crippen LogP contribution is -2.43. The molecule has 3 aromatic heterocycles. The molecule has 5 aromatic rings. The van der Waals surface area contributed by atoms with Gasteiger partial charge in [-0.05, 0) is 50.3 Å². The fraction of sp³-hybridized carbons (Fsp3) is 0.368. The van der Waals surface area contributed by atoms with Crippen LogP contribution in [0.15, 0.2) is 48.8 Å². The van der Waals surface area contributed by atoms with E-state index >= 15 is 8.78 Å². The summed E-state index contributed by atoms with van der Waals surface area (Å²) in [6, 6.07) is 6.68. The minimum atomic E-state index is -1.12. The Balaban J connectivity index is 1.14. The average Bonchev–Trinajstić information content (AvgIpc) is 3.87. The molecular weight excluding hydrogens is 695 g/mol. The van der Waals surface area contributed by atoms with E-state index in [0.29, 0.717) is 37.1 Å². The SMILES string of the molecule is Cc1ncc(F)c(/C=C/C(=O)N2CC[C@@H](N(C)c3nc(OC[C@@]45CCCN4C[C@H](F)C5)nc4c(F)c(-c5cccc6ccc(F)c(F)c56)ncc34)C2)n1. The highest BCUT2D eigenvalue weighted by Crippen LogP contribution is 2.41. The van der Waals surface area contributed by atoms with Crippen LogP contribution in [0.2, 0.25) is 0 Å². The zero-order valence-corrected chi connectivity index (χ0v) is 29.0. The molecule has 10 nitrogen and oxygen atoms in total. The molecule has 274 valence electrons. The number of halogens is 5. The maximum absolute atomic E-state index is 16.8. The number of aryl methyl sites for hydroxylation is 1. The van der Waals surface area contributed by atoms with Gasteiger partial charge in [0.15, 0.2) is 23.3 Å². The van der Waals surface area contributed by atoms with Crippen molar-refractivity contribution >= 4 is 39.5 Å². The molecule has 0 bridgehead atoms. The van der Waals surface area contributed by atoms with Crippen molar-refractivity contribution in [2.45, 2.75) is 50.4 Å². The number of aromatic nitrogens is 5. The lowest BCUT2D eigenvalue weighted by Gasteiger charge is -2.31. The average molecular weight is 731 g/mol.